The van der Waals surface area contributed by atoms with Crippen LogP contribution in [0, 0.1) is 0 Å². The highest BCUT2D eigenvalue weighted by molar-refractivity contribution is 5.87. The van der Waals surface area contributed by atoms with Gasteiger partial charge in [-0.25, -0.2) is 4.79 Å². The van der Waals surface area contributed by atoms with E-state index in [9.17, 15) is 4.79 Å². The number of primary amides is 1. The van der Waals surface area contributed by atoms with Crippen molar-refractivity contribution in [2.24, 2.45) is 10.7 Å². The minimum atomic E-state index is -0.705. The quantitative estimate of drug-likeness (QED) is 0.575. The first-order chi connectivity index (χ1) is 7.72. The van der Waals surface area contributed by atoms with E-state index in [2.05, 4.69) is 18.0 Å². The Bertz CT molecular complexity index is 295. The van der Waals surface area contributed by atoms with Crippen LogP contribution in [0.5, 0.6) is 0 Å². The summed E-state index contributed by atoms with van der Waals surface area (Å²) in [4.78, 5) is 15.0. The Hall–Kier alpha value is -1.32. The second-order valence-electron chi connectivity index (χ2n) is 3.98. The fourth-order valence-corrected chi connectivity index (χ4v) is 1.60. The van der Waals surface area contributed by atoms with E-state index in [1.54, 1.807) is 0 Å². The zero-order valence-corrected chi connectivity index (χ0v) is 9.87. The van der Waals surface area contributed by atoms with Gasteiger partial charge in [-0.05, 0) is 24.8 Å². The lowest BCUT2D eigenvalue weighted by Crippen LogP contribution is -2.16. The molecule has 0 aromatic rings. The molecule has 0 aliphatic heterocycles. The topological polar surface area (TPSA) is 64.7 Å². The van der Waals surface area contributed by atoms with Crippen LogP contribution in [-0.4, -0.2) is 25.0 Å². The van der Waals surface area contributed by atoms with E-state index in [0.29, 0.717) is 6.61 Å². The predicted octanol–water partition coefficient (Wildman–Crippen LogP) is 2.43. The second kappa shape index (κ2) is 7.04. The molecule has 0 aromatic heterocycles. The number of aliphatic imine (C=N–C) groups is 1. The lowest BCUT2D eigenvalue weighted by Gasteiger charge is -2.14. The van der Waals surface area contributed by atoms with Gasteiger partial charge in [0.1, 0.15) is 6.61 Å². The van der Waals surface area contributed by atoms with Crippen molar-refractivity contribution >= 4 is 11.8 Å². The molecule has 90 valence electrons. The summed E-state index contributed by atoms with van der Waals surface area (Å²) in [5.74, 6) is 0. The molecule has 4 nitrogen and oxygen atoms in total. The molecule has 0 heterocycles. The first kappa shape index (κ1) is 12.7. The number of hydrogen-bond donors (Lipinski definition) is 1. The van der Waals surface area contributed by atoms with Crippen molar-refractivity contribution in [3.05, 3.63) is 11.6 Å². The molecule has 0 fully saturated rings. The van der Waals surface area contributed by atoms with Gasteiger partial charge < -0.3 is 10.5 Å². The zero-order valence-electron chi connectivity index (χ0n) is 9.87. The second-order valence-corrected chi connectivity index (χ2v) is 3.98. The van der Waals surface area contributed by atoms with Crippen LogP contribution in [0.25, 0.3) is 0 Å². The zero-order chi connectivity index (χ0) is 11.8. The molecule has 0 unspecified atom stereocenters. The SMILES string of the molecule is CCCCN=C1CC=C(COC(N)=O)CC1. The van der Waals surface area contributed by atoms with Gasteiger partial charge in [0.05, 0.1) is 0 Å². The van der Waals surface area contributed by atoms with Crippen molar-refractivity contribution in [1.82, 2.24) is 0 Å². The molecule has 0 atom stereocenters. The van der Waals surface area contributed by atoms with Gasteiger partial charge >= 0.3 is 6.09 Å². The maximum Gasteiger partial charge on any atom is 0.404 e. The van der Waals surface area contributed by atoms with Crippen molar-refractivity contribution in [2.45, 2.75) is 39.0 Å². The minimum Gasteiger partial charge on any atom is -0.445 e. The van der Waals surface area contributed by atoms with Crippen LogP contribution in [-0.2, 0) is 4.74 Å². The first-order valence-electron chi connectivity index (χ1n) is 5.84. The Morgan fingerprint density at radius 2 is 2.38 bits per heavy atom. The molecule has 1 rings (SSSR count). The first-order valence-corrected chi connectivity index (χ1v) is 5.84. The summed E-state index contributed by atoms with van der Waals surface area (Å²) in [6, 6.07) is 0. The molecule has 4 heteroatoms. The van der Waals surface area contributed by atoms with Crippen LogP contribution in [0.3, 0.4) is 0 Å². The van der Waals surface area contributed by atoms with Crippen molar-refractivity contribution in [3.63, 3.8) is 0 Å². The lowest BCUT2D eigenvalue weighted by atomic mass is 9.98. The summed E-state index contributed by atoms with van der Waals surface area (Å²) in [6.45, 7) is 3.44. The Kier molecular flexibility index (Phi) is 5.61. The number of unbranched alkanes of at least 4 members (excludes halogenated alkanes) is 1. The summed E-state index contributed by atoms with van der Waals surface area (Å²) in [7, 11) is 0. The highest BCUT2D eigenvalue weighted by atomic mass is 16.5. The number of ether oxygens (including phenoxy) is 1. The predicted molar refractivity (Wildman–Crippen MR) is 64.7 cm³/mol. The molecule has 16 heavy (non-hydrogen) atoms. The number of nitrogens with zero attached hydrogens (tertiary/aromatic N) is 1. The Labute approximate surface area is 96.6 Å². The van der Waals surface area contributed by atoms with Gasteiger partial charge in [0.15, 0.2) is 0 Å². The standard InChI is InChI=1S/C12H20N2O2/c1-2-3-8-14-11-6-4-10(5-7-11)9-16-12(13)15/h4H,2-3,5-9H2,1H3,(H2,13,15). The smallest absolute Gasteiger partial charge is 0.404 e. The van der Waals surface area contributed by atoms with Crippen LogP contribution in [0.2, 0.25) is 0 Å². The van der Waals surface area contributed by atoms with Gasteiger partial charge in [-0.3, -0.25) is 4.99 Å². The molecule has 1 aliphatic carbocycles. The summed E-state index contributed by atoms with van der Waals surface area (Å²) < 4.78 is 4.75. The lowest BCUT2D eigenvalue weighted by molar-refractivity contribution is 0.165. The molecule has 0 saturated carbocycles. The highest BCUT2D eigenvalue weighted by Crippen LogP contribution is 2.16. The van der Waals surface area contributed by atoms with Crippen molar-refractivity contribution in [2.75, 3.05) is 13.2 Å². The van der Waals surface area contributed by atoms with E-state index in [-0.39, 0.29) is 0 Å². The van der Waals surface area contributed by atoms with Gasteiger partial charge in [0, 0.05) is 18.7 Å². The monoisotopic (exact) mass is 224 g/mol. The van der Waals surface area contributed by atoms with Gasteiger partial charge in [-0.15, -0.1) is 0 Å². The summed E-state index contributed by atoms with van der Waals surface area (Å²) in [5.41, 5.74) is 7.31. The Morgan fingerprint density at radius 1 is 1.56 bits per heavy atom. The average molecular weight is 224 g/mol. The number of hydrogen-bond acceptors (Lipinski definition) is 3. The van der Waals surface area contributed by atoms with Crippen molar-refractivity contribution in [1.29, 1.82) is 0 Å². The van der Waals surface area contributed by atoms with Crippen LogP contribution < -0.4 is 5.73 Å². The molecule has 2 N–H and O–H groups in total. The van der Waals surface area contributed by atoms with Crippen LogP contribution in [0.1, 0.15) is 39.0 Å². The molecule has 0 aromatic carbocycles. The van der Waals surface area contributed by atoms with Gasteiger partial charge in [0.25, 0.3) is 0 Å². The maximum atomic E-state index is 10.4. The van der Waals surface area contributed by atoms with Crippen molar-refractivity contribution in [3.8, 4) is 0 Å². The minimum absolute atomic E-state index is 0.331. The third-order valence-electron chi connectivity index (χ3n) is 2.61. The molecule has 1 amide bonds. The van der Waals surface area contributed by atoms with Crippen molar-refractivity contribution < 1.29 is 9.53 Å². The number of carbonyl (C=O) groups is 1. The van der Waals surface area contributed by atoms with Crippen LogP contribution in [0.15, 0.2) is 16.6 Å². The van der Waals surface area contributed by atoms with E-state index in [1.807, 2.05) is 0 Å². The number of rotatable bonds is 5. The number of carbonyl (C=O) groups excluding carboxylic acids is 1. The largest absolute Gasteiger partial charge is 0.445 e. The van der Waals surface area contributed by atoms with Gasteiger partial charge in [0.2, 0.25) is 0 Å². The number of nitrogens with two attached hydrogens (primary N) is 1. The summed E-state index contributed by atoms with van der Waals surface area (Å²) in [6.07, 6.45) is 6.53. The van der Waals surface area contributed by atoms with E-state index in [0.717, 1.165) is 37.8 Å². The van der Waals surface area contributed by atoms with Gasteiger partial charge in [-0.2, -0.15) is 0 Å². The van der Waals surface area contributed by atoms with E-state index in [1.165, 1.54) is 12.1 Å². The third kappa shape index (κ3) is 4.96. The molecule has 0 radical (unpaired) electrons. The summed E-state index contributed by atoms with van der Waals surface area (Å²) in [5, 5.41) is 0. The van der Waals surface area contributed by atoms with E-state index >= 15 is 0 Å². The number of allylic oxidation sites excluding steroid dienone is 1. The van der Waals surface area contributed by atoms with E-state index in [4.69, 9.17) is 10.5 Å². The molecular weight excluding hydrogens is 204 g/mol. The molecule has 0 saturated heterocycles. The Balaban J connectivity index is 2.30. The molecular formula is C12H20N2O2. The highest BCUT2D eigenvalue weighted by Gasteiger charge is 2.09. The molecule has 0 spiro atoms. The normalized spacial score (nSPS) is 18.3. The van der Waals surface area contributed by atoms with Crippen LogP contribution in [0.4, 0.5) is 4.79 Å². The summed E-state index contributed by atoms with van der Waals surface area (Å²) >= 11 is 0. The van der Waals surface area contributed by atoms with E-state index < -0.39 is 6.09 Å². The Morgan fingerprint density at radius 3 is 2.94 bits per heavy atom. The third-order valence-corrected chi connectivity index (χ3v) is 2.61. The fraction of sp³-hybridized carbons (Fsp3) is 0.667. The van der Waals surface area contributed by atoms with Crippen LogP contribution >= 0.6 is 0 Å². The molecule has 0 bridgehead atoms. The fourth-order valence-electron chi connectivity index (χ4n) is 1.60. The molecule has 1 aliphatic rings. The average Bonchev–Trinajstić information content (AvgIpc) is 2.28. The maximum absolute atomic E-state index is 10.4. The number of amides is 1. The van der Waals surface area contributed by atoms with Gasteiger partial charge in [-0.1, -0.05) is 19.4 Å².